The summed E-state index contributed by atoms with van der Waals surface area (Å²) < 4.78 is 0.941. The minimum absolute atomic E-state index is 0. The zero-order valence-electron chi connectivity index (χ0n) is 13.4. The van der Waals surface area contributed by atoms with Crippen LogP contribution in [-0.2, 0) is 0 Å². The molecule has 4 nitrogen and oxygen atoms in total. The highest BCUT2D eigenvalue weighted by atomic mass is 79.9. The van der Waals surface area contributed by atoms with Gasteiger partial charge in [0.15, 0.2) is 0 Å². The first-order chi connectivity index (χ1) is 11.2. The van der Waals surface area contributed by atoms with Crippen molar-refractivity contribution in [3.63, 3.8) is 0 Å². The summed E-state index contributed by atoms with van der Waals surface area (Å²) in [4.78, 5) is 20.0. The van der Waals surface area contributed by atoms with Gasteiger partial charge in [-0.05, 0) is 59.1 Å². The Hall–Kier alpha value is -0.790. The molecule has 1 aromatic heterocycles. The van der Waals surface area contributed by atoms with Crippen molar-refractivity contribution in [1.82, 2.24) is 9.88 Å². The Kier molecular flexibility index (Phi) is 9.24. The molecular weight excluding hydrogens is 445 g/mol. The van der Waals surface area contributed by atoms with Crippen LogP contribution in [0.15, 0.2) is 57.0 Å². The molecule has 8 heteroatoms. The number of nitrogens with zero attached hydrogens (tertiary/aromatic N) is 2. The number of carbonyl (C=O) groups excluding carboxylic acids is 1. The number of carbonyl (C=O) groups is 1. The van der Waals surface area contributed by atoms with Crippen molar-refractivity contribution in [2.75, 3.05) is 19.6 Å². The van der Waals surface area contributed by atoms with Crippen molar-refractivity contribution in [2.24, 2.45) is 11.7 Å². The predicted octanol–water partition coefficient (Wildman–Crippen LogP) is 4.26. The number of nitrogens with two attached hydrogens (primary N) is 1. The number of hydrogen-bond acceptors (Lipinski definition) is 4. The fourth-order valence-electron chi connectivity index (χ4n) is 2.65. The largest absolute Gasteiger partial charge is 0.338 e. The van der Waals surface area contributed by atoms with E-state index in [2.05, 4.69) is 20.9 Å². The van der Waals surface area contributed by atoms with Gasteiger partial charge in [-0.25, -0.2) is 4.98 Å². The van der Waals surface area contributed by atoms with E-state index in [0.717, 1.165) is 39.5 Å². The van der Waals surface area contributed by atoms with Crippen molar-refractivity contribution in [3.8, 4) is 0 Å². The number of aromatic nitrogens is 1. The lowest BCUT2D eigenvalue weighted by atomic mass is 10.1. The van der Waals surface area contributed by atoms with Gasteiger partial charge in [0.1, 0.15) is 5.03 Å². The highest BCUT2D eigenvalue weighted by Crippen LogP contribution is 2.31. The smallest absolute Gasteiger partial charge is 0.255 e. The fourth-order valence-corrected chi connectivity index (χ4v) is 3.76. The first-order valence-corrected chi connectivity index (χ1v) is 9.16. The molecule has 2 heterocycles. The van der Waals surface area contributed by atoms with Gasteiger partial charge in [-0.3, -0.25) is 4.79 Å². The van der Waals surface area contributed by atoms with Crippen molar-refractivity contribution in [2.45, 2.75) is 16.3 Å². The van der Waals surface area contributed by atoms with Gasteiger partial charge in [-0.1, -0.05) is 23.9 Å². The van der Waals surface area contributed by atoms with Gasteiger partial charge in [0, 0.05) is 28.7 Å². The van der Waals surface area contributed by atoms with Crippen LogP contribution in [0.5, 0.6) is 0 Å². The number of benzene rings is 1. The molecule has 1 amide bonds. The second-order valence-corrected chi connectivity index (χ2v) is 7.53. The van der Waals surface area contributed by atoms with Gasteiger partial charge in [-0.2, -0.15) is 0 Å². The van der Waals surface area contributed by atoms with Crippen LogP contribution in [0, 0.1) is 5.92 Å². The number of pyridine rings is 1. The monoisotopic (exact) mass is 463 g/mol. The standard InChI is InChI=1S/C17H18BrN3OS.2ClH/c18-13-5-6-16(20-10-13)23-15-4-2-1-3-14(15)17(22)21-8-7-12(9-19)11-21;;/h1-6,10,12H,7-9,11,19H2;2*1H. The number of hydrogen-bond donors (Lipinski definition) is 1. The summed E-state index contributed by atoms with van der Waals surface area (Å²) in [5.41, 5.74) is 6.46. The average molecular weight is 465 g/mol. The highest BCUT2D eigenvalue weighted by molar-refractivity contribution is 9.10. The van der Waals surface area contributed by atoms with E-state index in [1.807, 2.05) is 41.3 Å². The van der Waals surface area contributed by atoms with Crippen molar-refractivity contribution in [3.05, 3.63) is 52.6 Å². The maximum atomic E-state index is 12.8. The van der Waals surface area contributed by atoms with Gasteiger partial charge < -0.3 is 10.6 Å². The molecule has 0 saturated carbocycles. The van der Waals surface area contributed by atoms with Crippen LogP contribution in [0.3, 0.4) is 0 Å². The second kappa shape index (κ2) is 10.4. The van der Waals surface area contributed by atoms with E-state index in [-0.39, 0.29) is 30.7 Å². The van der Waals surface area contributed by atoms with E-state index in [1.54, 1.807) is 6.20 Å². The van der Waals surface area contributed by atoms with Crippen LogP contribution in [-0.4, -0.2) is 35.4 Å². The topological polar surface area (TPSA) is 59.2 Å². The summed E-state index contributed by atoms with van der Waals surface area (Å²) in [5, 5.41) is 0.870. The zero-order valence-corrected chi connectivity index (χ0v) is 17.5. The molecule has 1 aliphatic rings. The van der Waals surface area contributed by atoms with Gasteiger partial charge in [0.25, 0.3) is 5.91 Å². The van der Waals surface area contributed by atoms with Crippen LogP contribution < -0.4 is 5.73 Å². The van der Waals surface area contributed by atoms with E-state index in [1.165, 1.54) is 11.8 Å². The Balaban J connectivity index is 0.00000156. The van der Waals surface area contributed by atoms with Gasteiger partial charge >= 0.3 is 0 Å². The van der Waals surface area contributed by atoms with Gasteiger partial charge in [-0.15, -0.1) is 24.8 Å². The fraction of sp³-hybridized carbons (Fsp3) is 0.294. The molecule has 1 aromatic carbocycles. The molecule has 3 rings (SSSR count). The minimum Gasteiger partial charge on any atom is -0.338 e. The van der Waals surface area contributed by atoms with E-state index in [9.17, 15) is 4.79 Å². The maximum Gasteiger partial charge on any atom is 0.255 e. The normalized spacial score (nSPS) is 16.1. The van der Waals surface area contributed by atoms with E-state index < -0.39 is 0 Å². The minimum atomic E-state index is 0. The third-order valence-electron chi connectivity index (χ3n) is 3.94. The summed E-state index contributed by atoms with van der Waals surface area (Å²) in [7, 11) is 0. The molecule has 0 radical (unpaired) electrons. The highest BCUT2D eigenvalue weighted by Gasteiger charge is 2.27. The number of halogens is 3. The molecule has 25 heavy (non-hydrogen) atoms. The predicted molar refractivity (Wildman–Crippen MR) is 110 cm³/mol. The van der Waals surface area contributed by atoms with Crippen LogP contribution in [0.2, 0.25) is 0 Å². The maximum absolute atomic E-state index is 12.8. The van der Waals surface area contributed by atoms with E-state index in [0.29, 0.717) is 12.5 Å². The molecule has 0 aliphatic carbocycles. The molecule has 1 saturated heterocycles. The first kappa shape index (κ1) is 22.3. The Morgan fingerprint density at radius 1 is 1.28 bits per heavy atom. The zero-order chi connectivity index (χ0) is 16.2. The second-order valence-electron chi connectivity index (χ2n) is 5.55. The van der Waals surface area contributed by atoms with E-state index in [4.69, 9.17) is 5.73 Å². The van der Waals surface area contributed by atoms with Crippen molar-refractivity contribution < 1.29 is 4.79 Å². The Bertz CT molecular complexity index is 703. The lowest BCUT2D eigenvalue weighted by Crippen LogP contribution is -2.30. The molecular formula is C17H20BrCl2N3OS. The molecule has 1 fully saturated rings. The quantitative estimate of drug-likeness (QED) is 0.734. The summed E-state index contributed by atoms with van der Waals surface area (Å²) in [5.74, 6) is 0.507. The average Bonchev–Trinajstić information content (AvgIpc) is 3.06. The Morgan fingerprint density at radius 2 is 2.04 bits per heavy atom. The lowest BCUT2D eigenvalue weighted by Gasteiger charge is -2.18. The van der Waals surface area contributed by atoms with E-state index >= 15 is 0 Å². The van der Waals surface area contributed by atoms with Gasteiger partial charge in [0.2, 0.25) is 0 Å². The number of likely N-dealkylation sites (tertiary alicyclic amines) is 1. The summed E-state index contributed by atoms with van der Waals surface area (Å²) in [6, 6.07) is 11.6. The molecule has 0 bridgehead atoms. The third kappa shape index (κ3) is 5.59. The Morgan fingerprint density at radius 3 is 2.68 bits per heavy atom. The SMILES string of the molecule is Cl.Cl.NCC1CCN(C(=O)c2ccccc2Sc2ccc(Br)cn2)C1. The third-order valence-corrected chi connectivity index (χ3v) is 5.43. The number of amides is 1. The molecule has 136 valence electrons. The molecule has 1 unspecified atom stereocenters. The summed E-state index contributed by atoms with van der Waals surface area (Å²) in [6.07, 6.45) is 2.75. The van der Waals surface area contributed by atoms with Gasteiger partial charge in [0.05, 0.1) is 5.56 Å². The summed E-state index contributed by atoms with van der Waals surface area (Å²) in [6.45, 7) is 2.18. The van der Waals surface area contributed by atoms with Crippen LogP contribution >= 0.6 is 52.5 Å². The first-order valence-electron chi connectivity index (χ1n) is 7.55. The van der Waals surface area contributed by atoms with Crippen molar-refractivity contribution in [1.29, 1.82) is 0 Å². The Labute approximate surface area is 172 Å². The summed E-state index contributed by atoms with van der Waals surface area (Å²) >= 11 is 4.90. The van der Waals surface area contributed by atoms with Crippen LogP contribution in [0.25, 0.3) is 0 Å². The van der Waals surface area contributed by atoms with Crippen molar-refractivity contribution >= 4 is 58.4 Å². The molecule has 2 N–H and O–H groups in total. The molecule has 0 spiro atoms. The van der Waals surface area contributed by atoms with Crippen LogP contribution in [0.4, 0.5) is 0 Å². The molecule has 1 aliphatic heterocycles. The molecule has 2 aromatic rings. The van der Waals surface area contributed by atoms with Crippen LogP contribution in [0.1, 0.15) is 16.8 Å². The molecule has 1 atom stereocenters. The lowest BCUT2D eigenvalue weighted by molar-refractivity contribution is 0.0784. The number of rotatable bonds is 4.